The molecule has 0 heteroatoms. The highest BCUT2D eigenvalue weighted by Gasteiger charge is 2.52. The molecule has 0 spiro atoms. The molecule has 0 nitrogen and oxygen atoms in total. The molecular formula is C13H24. The Hall–Kier alpha value is 0. The van der Waals surface area contributed by atoms with Crippen LogP contribution >= 0.6 is 0 Å². The van der Waals surface area contributed by atoms with Gasteiger partial charge in [-0.15, -0.1) is 0 Å². The molecule has 2 fully saturated rings. The molecule has 13 heavy (non-hydrogen) atoms. The van der Waals surface area contributed by atoms with E-state index in [1.165, 1.54) is 38.5 Å². The zero-order valence-corrected chi connectivity index (χ0v) is 9.47. The fourth-order valence-electron chi connectivity index (χ4n) is 4.07. The van der Waals surface area contributed by atoms with E-state index in [0.29, 0.717) is 0 Å². The standard InChI is InChI=1S/C13H24/c1-4-11-9-10(2)13(11,3)12-7-5-6-8-12/h10-12H,4-9H2,1-3H3. The van der Waals surface area contributed by atoms with Crippen LogP contribution in [0.5, 0.6) is 0 Å². The van der Waals surface area contributed by atoms with Gasteiger partial charge in [0.1, 0.15) is 0 Å². The van der Waals surface area contributed by atoms with Crippen LogP contribution in [0.4, 0.5) is 0 Å². The Morgan fingerprint density at radius 2 is 1.85 bits per heavy atom. The molecular weight excluding hydrogens is 156 g/mol. The van der Waals surface area contributed by atoms with Gasteiger partial charge in [-0.2, -0.15) is 0 Å². The monoisotopic (exact) mass is 180 g/mol. The molecule has 0 aromatic rings. The Morgan fingerprint density at radius 3 is 2.31 bits per heavy atom. The predicted molar refractivity (Wildman–Crippen MR) is 57.6 cm³/mol. The molecule has 0 N–H and O–H groups in total. The van der Waals surface area contributed by atoms with E-state index in [1.807, 2.05) is 0 Å². The first kappa shape index (κ1) is 9.55. The summed E-state index contributed by atoms with van der Waals surface area (Å²) in [4.78, 5) is 0. The van der Waals surface area contributed by atoms with E-state index < -0.39 is 0 Å². The fraction of sp³-hybridized carbons (Fsp3) is 1.00. The third kappa shape index (κ3) is 1.25. The molecule has 2 aliphatic carbocycles. The minimum atomic E-state index is 0.727. The molecule has 2 rings (SSSR count). The first-order valence-electron chi connectivity index (χ1n) is 6.19. The predicted octanol–water partition coefficient (Wildman–Crippen LogP) is 4.25. The van der Waals surface area contributed by atoms with Crippen LogP contribution in [0.1, 0.15) is 59.3 Å². The fourth-order valence-corrected chi connectivity index (χ4v) is 4.07. The summed E-state index contributed by atoms with van der Waals surface area (Å²) in [6.07, 6.45) is 8.97. The van der Waals surface area contributed by atoms with Gasteiger partial charge in [-0.05, 0) is 42.4 Å². The van der Waals surface area contributed by atoms with E-state index in [9.17, 15) is 0 Å². The molecule has 0 saturated heterocycles. The average Bonchev–Trinajstić information content (AvgIpc) is 2.65. The summed E-state index contributed by atoms with van der Waals surface area (Å²) in [6, 6.07) is 0. The highest BCUT2D eigenvalue weighted by molar-refractivity contribution is 5.01. The summed E-state index contributed by atoms with van der Waals surface area (Å²) < 4.78 is 0. The van der Waals surface area contributed by atoms with Crippen molar-refractivity contribution in [3.63, 3.8) is 0 Å². The van der Waals surface area contributed by atoms with Gasteiger partial charge in [0.05, 0.1) is 0 Å². The van der Waals surface area contributed by atoms with Gasteiger partial charge in [-0.1, -0.05) is 40.0 Å². The summed E-state index contributed by atoms with van der Waals surface area (Å²) >= 11 is 0. The minimum Gasteiger partial charge on any atom is -0.0651 e. The smallest absolute Gasteiger partial charge is 0.0243 e. The van der Waals surface area contributed by atoms with Gasteiger partial charge in [-0.3, -0.25) is 0 Å². The van der Waals surface area contributed by atoms with Crippen molar-refractivity contribution in [1.82, 2.24) is 0 Å². The van der Waals surface area contributed by atoms with Crippen molar-refractivity contribution in [2.45, 2.75) is 59.3 Å². The second kappa shape index (κ2) is 3.29. The maximum Gasteiger partial charge on any atom is -0.0243 e. The highest BCUT2D eigenvalue weighted by atomic mass is 14.6. The van der Waals surface area contributed by atoms with E-state index in [0.717, 1.165) is 23.2 Å². The van der Waals surface area contributed by atoms with Crippen molar-refractivity contribution >= 4 is 0 Å². The second-order valence-electron chi connectivity index (χ2n) is 5.59. The van der Waals surface area contributed by atoms with Crippen molar-refractivity contribution in [3.8, 4) is 0 Å². The Balaban J connectivity index is 2.07. The summed E-state index contributed by atoms with van der Waals surface area (Å²) in [5.74, 6) is 3.12. The van der Waals surface area contributed by atoms with Gasteiger partial charge in [0.2, 0.25) is 0 Å². The third-order valence-corrected chi connectivity index (χ3v) is 5.31. The van der Waals surface area contributed by atoms with Crippen molar-refractivity contribution in [2.75, 3.05) is 0 Å². The van der Waals surface area contributed by atoms with Crippen molar-refractivity contribution in [2.24, 2.45) is 23.2 Å². The SMILES string of the molecule is CCC1CC(C)C1(C)C1CCCC1. The van der Waals surface area contributed by atoms with E-state index >= 15 is 0 Å². The Bertz CT molecular complexity index is 178. The van der Waals surface area contributed by atoms with E-state index in [4.69, 9.17) is 0 Å². The summed E-state index contributed by atoms with van der Waals surface area (Å²) in [6.45, 7) is 7.43. The molecule has 0 aromatic carbocycles. The van der Waals surface area contributed by atoms with Crippen LogP contribution < -0.4 is 0 Å². The zero-order valence-electron chi connectivity index (χ0n) is 9.47. The molecule has 0 radical (unpaired) electrons. The third-order valence-electron chi connectivity index (χ3n) is 5.31. The first-order chi connectivity index (χ1) is 6.19. The van der Waals surface area contributed by atoms with Gasteiger partial charge in [0.25, 0.3) is 0 Å². The van der Waals surface area contributed by atoms with Crippen LogP contribution in [0.2, 0.25) is 0 Å². The molecule has 0 heterocycles. The number of rotatable bonds is 2. The average molecular weight is 180 g/mol. The first-order valence-corrected chi connectivity index (χ1v) is 6.19. The molecule has 76 valence electrons. The van der Waals surface area contributed by atoms with Crippen LogP contribution in [0.3, 0.4) is 0 Å². The molecule has 0 aromatic heterocycles. The maximum absolute atomic E-state index is 2.57. The topological polar surface area (TPSA) is 0 Å². The van der Waals surface area contributed by atoms with Gasteiger partial charge in [0.15, 0.2) is 0 Å². The van der Waals surface area contributed by atoms with Crippen LogP contribution in [0, 0.1) is 23.2 Å². The lowest BCUT2D eigenvalue weighted by Crippen LogP contribution is -2.49. The summed E-state index contributed by atoms with van der Waals surface area (Å²) in [7, 11) is 0. The van der Waals surface area contributed by atoms with Crippen LogP contribution in [-0.2, 0) is 0 Å². The Morgan fingerprint density at radius 1 is 1.23 bits per heavy atom. The van der Waals surface area contributed by atoms with Gasteiger partial charge < -0.3 is 0 Å². The zero-order chi connectivity index (χ0) is 9.47. The molecule has 3 atom stereocenters. The quantitative estimate of drug-likeness (QED) is 0.596. The molecule has 0 bridgehead atoms. The number of hydrogen-bond acceptors (Lipinski definition) is 0. The molecule has 0 aliphatic heterocycles. The Labute approximate surface area is 83.1 Å². The van der Waals surface area contributed by atoms with E-state index in [-0.39, 0.29) is 0 Å². The molecule has 3 unspecified atom stereocenters. The van der Waals surface area contributed by atoms with Gasteiger partial charge in [0, 0.05) is 0 Å². The maximum atomic E-state index is 2.57. The van der Waals surface area contributed by atoms with E-state index in [1.54, 1.807) is 0 Å². The van der Waals surface area contributed by atoms with Crippen LogP contribution in [-0.4, -0.2) is 0 Å². The van der Waals surface area contributed by atoms with Crippen LogP contribution in [0.15, 0.2) is 0 Å². The molecule has 2 saturated carbocycles. The van der Waals surface area contributed by atoms with Gasteiger partial charge in [-0.25, -0.2) is 0 Å². The van der Waals surface area contributed by atoms with Crippen LogP contribution in [0.25, 0.3) is 0 Å². The molecule has 0 amide bonds. The normalized spacial score (nSPS) is 46.4. The van der Waals surface area contributed by atoms with E-state index in [2.05, 4.69) is 20.8 Å². The van der Waals surface area contributed by atoms with Crippen molar-refractivity contribution < 1.29 is 0 Å². The Kier molecular flexibility index (Phi) is 2.42. The minimum absolute atomic E-state index is 0.727. The highest BCUT2D eigenvalue weighted by Crippen LogP contribution is 2.60. The van der Waals surface area contributed by atoms with Crippen molar-refractivity contribution in [3.05, 3.63) is 0 Å². The second-order valence-corrected chi connectivity index (χ2v) is 5.59. The summed E-state index contributed by atoms with van der Waals surface area (Å²) in [5.41, 5.74) is 0.727. The number of hydrogen-bond donors (Lipinski definition) is 0. The lowest BCUT2D eigenvalue weighted by atomic mass is 9.48. The van der Waals surface area contributed by atoms with Gasteiger partial charge >= 0.3 is 0 Å². The largest absolute Gasteiger partial charge is 0.0651 e. The summed E-state index contributed by atoms with van der Waals surface area (Å²) in [5, 5.41) is 0. The lowest BCUT2D eigenvalue weighted by molar-refractivity contribution is -0.0787. The molecule has 2 aliphatic rings. The van der Waals surface area contributed by atoms with Crippen molar-refractivity contribution in [1.29, 1.82) is 0 Å². The lowest BCUT2D eigenvalue weighted by Gasteiger charge is -2.57.